The van der Waals surface area contributed by atoms with E-state index in [2.05, 4.69) is 6.07 Å². The molecule has 0 bridgehead atoms. The van der Waals surface area contributed by atoms with Gasteiger partial charge in [-0.1, -0.05) is 13.0 Å². The number of benzene rings is 1. The van der Waals surface area contributed by atoms with Gasteiger partial charge in [-0.25, -0.2) is 0 Å². The highest BCUT2D eigenvalue weighted by molar-refractivity contribution is 5.45. The van der Waals surface area contributed by atoms with Gasteiger partial charge in [0.15, 0.2) is 11.5 Å². The van der Waals surface area contributed by atoms with Crippen LogP contribution >= 0.6 is 0 Å². The fourth-order valence-electron chi connectivity index (χ4n) is 1.71. The predicted molar refractivity (Wildman–Crippen MR) is 56.9 cm³/mol. The van der Waals surface area contributed by atoms with E-state index in [0.717, 1.165) is 0 Å². The van der Waals surface area contributed by atoms with Gasteiger partial charge in [-0.15, -0.1) is 0 Å². The van der Waals surface area contributed by atoms with Gasteiger partial charge in [0.2, 0.25) is 6.79 Å². The highest BCUT2D eigenvalue weighted by atomic mass is 16.7. The summed E-state index contributed by atoms with van der Waals surface area (Å²) in [4.78, 5) is 0. The van der Waals surface area contributed by atoms with Gasteiger partial charge in [-0.3, -0.25) is 0 Å². The summed E-state index contributed by atoms with van der Waals surface area (Å²) in [5.74, 6) is 0.922. The van der Waals surface area contributed by atoms with Gasteiger partial charge in [0.05, 0.1) is 18.1 Å². The van der Waals surface area contributed by atoms with Gasteiger partial charge < -0.3 is 14.6 Å². The van der Waals surface area contributed by atoms with E-state index in [9.17, 15) is 5.11 Å². The van der Waals surface area contributed by atoms with Crippen LogP contribution in [-0.2, 0) is 0 Å². The first-order valence-corrected chi connectivity index (χ1v) is 5.23. The normalized spacial score (nSPS) is 16.6. The van der Waals surface area contributed by atoms with Gasteiger partial charge in [-0.2, -0.15) is 5.26 Å². The Morgan fingerprint density at radius 3 is 2.88 bits per heavy atom. The van der Waals surface area contributed by atoms with Crippen molar-refractivity contribution in [2.45, 2.75) is 19.4 Å². The molecule has 1 aromatic rings. The van der Waals surface area contributed by atoms with Gasteiger partial charge in [-0.05, 0) is 24.1 Å². The molecule has 0 saturated carbocycles. The zero-order valence-corrected chi connectivity index (χ0v) is 9.01. The summed E-state index contributed by atoms with van der Waals surface area (Å²) in [5.41, 5.74) is 0.692. The van der Waals surface area contributed by atoms with Crippen LogP contribution in [0.4, 0.5) is 0 Å². The molecule has 0 saturated heterocycles. The second-order valence-electron chi connectivity index (χ2n) is 3.70. The molecule has 0 spiro atoms. The highest BCUT2D eigenvalue weighted by Crippen LogP contribution is 2.35. The van der Waals surface area contributed by atoms with Crippen LogP contribution in [0.5, 0.6) is 11.5 Å². The van der Waals surface area contributed by atoms with Crippen LogP contribution in [0.3, 0.4) is 0 Å². The van der Waals surface area contributed by atoms with E-state index in [1.165, 1.54) is 0 Å². The van der Waals surface area contributed by atoms with Crippen molar-refractivity contribution in [1.29, 1.82) is 5.26 Å². The Morgan fingerprint density at radius 1 is 1.44 bits per heavy atom. The number of ether oxygens (including phenoxy) is 2. The molecule has 2 unspecified atom stereocenters. The third-order valence-corrected chi connectivity index (χ3v) is 2.72. The third kappa shape index (κ3) is 1.82. The Morgan fingerprint density at radius 2 is 2.19 bits per heavy atom. The van der Waals surface area contributed by atoms with Gasteiger partial charge in [0.25, 0.3) is 0 Å². The molecule has 84 valence electrons. The Balaban J connectivity index is 2.24. The van der Waals surface area contributed by atoms with E-state index >= 15 is 0 Å². The van der Waals surface area contributed by atoms with Crippen molar-refractivity contribution in [2.75, 3.05) is 6.79 Å². The largest absolute Gasteiger partial charge is 0.454 e. The SMILES string of the molecule is CCC(C#N)C(O)c1ccc2c(c1)OCO2. The molecular formula is C12H13NO3. The molecule has 0 aliphatic carbocycles. The summed E-state index contributed by atoms with van der Waals surface area (Å²) < 4.78 is 10.4. The number of aliphatic hydroxyl groups excluding tert-OH is 1. The first-order valence-electron chi connectivity index (χ1n) is 5.23. The number of nitrogens with zero attached hydrogens (tertiary/aromatic N) is 1. The van der Waals surface area contributed by atoms with Crippen molar-refractivity contribution >= 4 is 0 Å². The molecule has 0 amide bonds. The molecule has 0 fully saturated rings. The smallest absolute Gasteiger partial charge is 0.231 e. The lowest BCUT2D eigenvalue weighted by Crippen LogP contribution is -2.09. The first-order chi connectivity index (χ1) is 7.76. The van der Waals surface area contributed by atoms with Crippen LogP contribution in [0.2, 0.25) is 0 Å². The van der Waals surface area contributed by atoms with Crippen LogP contribution in [0, 0.1) is 17.2 Å². The fourth-order valence-corrected chi connectivity index (χ4v) is 1.71. The maximum atomic E-state index is 9.99. The molecule has 1 aromatic carbocycles. The summed E-state index contributed by atoms with van der Waals surface area (Å²) in [5, 5.41) is 18.9. The number of fused-ring (bicyclic) bond motifs is 1. The number of nitriles is 1. The Kier molecular flexibility index (Phi) is 2.97. The molecule has 16 heavy (non-hydrogen) atoms. The zero-order valence-electron chi connectivity index (χ0n) is 9.01. The quantitative estimate of drug-likeness (QED) is 0.844. The Bertz CT molecular complexity index is 425. The van der Waals surface area contributed by atoms with E-state index < -0.39 is 6.10 Å². The van der Waals surface area contributed by atoms with Gasteiger partial charge in [0, 0.05) is 0 Å². The van der Waals surface area contributed by atoms with Crippen molar-refractivity contribution in [3.63, 3.8) is 0 Å². The molecule has 4 nitrogen and oxygen atoms in total. The fraction of sp³-hybridized carbons (Fsp3) is 0.417. The molecule has 4 heteroatoms. The second kappa shape index (κ2) is 4.42. The van der Waals surface area contributed by atoms with Crippen LogP contribution in [0.25, 0.3) is 0 Å². The lowest BCUT2D eigenvalue weighted by atomic mass is 9.94. The van der Waals surface area contributed by atoms with E-state index in [-0.39, 0.29) is 12.7 Å². The van der Waals surface area contributed by atoms with E-state index in [4.69, 9.17) is 14.7 Å². The average Bonchev–Trinajstić information content (AvgIpc) is 2.77. The molecule has 2 atom stereocenters. The van der Waals surface area contributed by atoms with Crippen molar-refractivity contribution in [2.24, 2.45) is 5.92 Å². The van der Waals surface area contributed by atoms with E-state index in [1.807, 2.05) is 6.92 Å². The molecule has 1 heterocycles. The molecule has 0 radical (unpaired) electrons. The summed E-state index contributed by atoms with van der Waals surface area (Å²) in [6.07, 6.45) is -0.156. The minimum Gasteiger partial charge on any atom is -0.454 e. The molecule has 1 aliphatic heterocycles. The molecular weight excluding hydrogens is 206 g/mol. The van der Waals surface area contributed by atoms with Crippen LogP contribution in [0.15, 0.2) is 18.2 Å². The van der Waals surface area contributed by atoms with Crippen molar-refractivity contribution in [3.8, 4) is 17.6 Å². The van der Waals surface area contributed by atoms with E-state index in [0.29, 0.717) is 23.5 Å². The molecule has 1 N–H and O–H groups in total. The molecule has 1 aliphatic rings. The van der Waals surface area contributed by atoms with Crippen molar-refractivity contribution in [1.82, 2.24) is 0 Å². The maximum absolute atomic E-state index is 9.99. The lowest BCUT2D eigenvalue weighted by Gasteiger charge is -2.15. The maximum Gasteiger partial charge on any atom is 0.231 e. The predicted octanol–water partition coefficient (Wildman–Crippen LogP) is 2.00. The summed E-state index contributed by atoms with van der Waals surface area (Å²) in [6, 6.07) is 7.34. The highest BCUT2D eigenvalue weighted by Gasteiger charge is 2.21. The van der Waals surface area contributed by atoms with E-state index in [1.54, 1.807) is 18.2 Å². The number of aliphatic hydroxyl groups is 1. The monoisotopic (exact) mass is 219 g/mol. The zero-order chi connectivity index (χ0) is 11.5. The lowest BCUT2D eigenvalue weighted by molar-refractivity contribution is 0.132. The molecule has 2 rings (SSSR count). The first kappa shape index (κ1) is 10.8. The minimum absolute atomic E-state index is 0.213. The van der Waals surface area contributed by atoms with Crippen molar-refractivity contribution < 1.29 is 14.6 Å². The number of hydrogen-bond acceptors (Lipinski definition) is 4. The van der Waals surface area contributed by atoms with Crippen LogP contribution in [0.1, 0.15) is 25.0 Å². The Labute approximate surface area is 94.0 Å². The van der Waals surface area contributed by atoms with Gasteiger partial charge in [0.1, 0.15) is 0 Å². The molecule has 0 aromatic heterocycles. The topological polar surface area (TPSA) is 62.5 Å². The third-order valence-electron chi connectivity index (χ3n) is 2.72. The van der Waals surface area contributed by atoms with Crippen LogP contribution in [-0.4, -0.2) is 11.9 Å². The van der Waals surface area contributed by atoms with Crippen LogP contribution < -0.4 is 9.47 Å². The number of rotatable bonds is 3. The Hall–Kier alpha value is -1.73. The average molecular weight is 219 g/mol. The summed E-state index contributed by atoms with van der Waals surface area (Å²) in [6.45, 7) is 2.09. The second-order valence-corrected chi connectivity index (χ2v) is 3.70. The minimum atomic E-state index is -0.774. The van der Waals surface area contributed by atoms with Crippen molar-refractivity contribution in [3.05, 3.63) is 23.8 Å². The standard InChI is InChI=1S/C12H13NO3/c1-2-8(6-13)12(14)9-3-4-10-11(5-9)16-7-15-10/h3-5,8,12,14H,2,7H2,1H3. The summed E-state index contributed by atoms with van der Waals surface area (Å²) in [7, 11) is 0. The number of hydrogen-bond donors (Lipinski definition) is 1. The summed E-state index contributed by atoms with van der Waals surface area (Å²) >= 11 is 0. The van der Waals surface area contributed by atoms with Gasteiger partial charge >= 0.3 is 0 Å².